The summed E-state index contributed by atoms with van der Waals surface area (Å²) in [6, 6.07) is 25.2. The number of aliphatic imine (C=N–C) groups is 2. The van der Waals surface area contributed by atoms with E-state index in [0.717, 1.165) is 81.3 Å². The number of nitrogens with zero attached hydrogens (tertiary/aromatic N) is 2. The number of hydrogen-bond donors (Lipinski definition) is 0. The predicted molar refractivity (Wildman–Crippen MR) is 183 cm³/mol. The summed E-state index contributed by atoms with van der Waals surface area (Å²) in [6.45, 7) is 8.38. The molecule has 2 atom stereocenters. The van der Waals surface area contributed by atoms with Crippen LogP contribution in [0.4, 0.5) is 0 Å². The third kappa shape index (κ3) is 6.67. The van der Waals surface area contributed by atoms with Gasteiger partial charge in [-0.3, -0.25) is 0 Å². The van der Waals surface area contributed by atoms with E-state index in [1.165, 1.54) is 0 Å². The van der Waals surface area contributed by atoms with Crippen LogP contribution in [0.15, 0.2) is 82.8 Å². The van der Waals surface area contributed by atoms with Crippen LogP contribution in [0.25, 0.3) is 22.3 Å². The quantitative estimate of drug-likeness (QED) is 0.194. The second-order valence-electron chi connectivity index (χ2n) is 11.7. The van der Waals surface area contributed by atoms with Gasteiger partial charge in [0.2, 0.25) is 0 Å². The Morgan fingerprint density at radius 1 is 0.605 bits per heavy atom. The van der Waals surface area contributed by atoms with Gasteiger partial charge < -0.3 is 0 Å². The average molecular weight is 718 g/mol. The van der Waals surface area contributed by atoms with Gasteiger partial charge in [0.15, 0.2) is 0 Å². The Balaban J connectivity index is 1.59. The van der Waals surface area contributed by atoms with Crippen molar-refractivity contribution >= 4 is 47.2 Å². The van der Waals surface area contributed by atoms with Crippen LogP contribution in [-0.2, 0) is 0 Å². The molecule has 7 heteroatoms. The van der Waals surface area contributed by atoms with Crippen LogP contribution in [0.1, 0.15) is 59.1 Å². The van der Waals surface area contributed by atoms with E-state index in [0.29, 0.717) is 11.5 Å². The molecule has 0 N–H and O–H groups in total. The molecule has 0 unspecified atom stereocenters. The molecule has 0 saturated heterocycles. The molecule has 0 aromatic heterocycles. The van der Waals surface area contributed by atoms with E-state index in [1.54, 1.807) is 0 Å². The van der Waals surface area contributed by atoms with Crippen molar-refractivity contribution in [2.75, 3.05) is 0 Å². The molecular formula is C36H36Cl2N2O2Sn. The van der Waals surface area contributed by atoms with Gasteiger partial charge in [0.25, 0.3) is 0 Å². The molecule has 1 fully saturated rings. The summed E-state index contributed by atoms with van der Waals surface area (Å²) in [5.41, 5.74) is 10.1. The molecule has 1 heterocycles. The molecule has 0 radical (unpaired) electrons. The minimum atomic E-state index is -4.84. The fourth-order valence-corrected chi connectivity index (χ4v) is 11.1. The molecule has 4 aromatic carbocycles. The first kappa shape index (κ1) is 30.2. The third-order valence-electron chi connectivity index (χ3n) is 8.34. The van der Waals surface area contributed by atoms with Crippen molar-refractivity contribution in [3.8, 4) is 33.8 Å². The number of benzene rings is 4. The van der Waals surface area contributed by atoms with E-state index >= 15 is 0 Å². The molecule has 1 saturated carbocycles. The molecule has 1 aliphatic heterocycles. The summed E-state index contributed by atoms with van der Waals surface area (Å²) in [5.74, 6) is 1.23. The van der Waals surface area contributed by atoms with Crippen molar-refractivity contribution in [1.82, 2.24) is 0 Å². The summed E-state index contributed by atoms with van der Waals surface area (Å²) in [5, 5.41) is 0. The van der Waals surface area contributed by atoms with E-state index in [4.69, 9.17) is 34.0 Å². The van der Waals surface area contributed by atoms with Crippen molar-refractivity contribution in [2.24, 2.45) is 9.98 Å². The van der Waals surface area contributed by atoms with Gasteiger partial charge >= 0.3 is 269 Å². The number of aryl methyl sites for hydroxylation is 4. The third-order valence-corrected chi connectivity index (χ3v) is 12.9. The summed E-state index contributed by atoms with van der Waals surface area (Å²) in [7, 11) is 14.4. The Morgan fingerprint density at radius 2 is 1.02 bits per heavy atom. The van der Waals surface area contributed by atoms with Crippen LogP contribution in [0.3, 0.4) is 0 Å². The summed E-state index contributed by atoms with van der Waals surface area (Å²) in [4.78, 5) is 10.3. The van der Waals surface area contributed by atoms with E-state index in [-0.39, 0.29) is 12.1 Å². The topological polar surface area (TPSA) is 43.2 Å². The number of hydrogen-bond acceptors (Lipinski definition) is 4. The number of halogens is 2. The summed E-state index contributed by atoms with van der Waals surface area (Å²) >= 11 is -4.84. The Kier molecular flexibility index (Phi) is 8.91. The monoisotopic (exact) mass is 718 g/mol. The maximum atomic E-state index is 7.21. The molecule has 4 nitrogen and oxygen atoms in total. The second kappa shape index (κ2) is 12.7. The fourth-order valence-electron chi connectivity index (χ4n) is 6.22. The van der Waals surface area contributed by atoms with Crippen LogP contribution in [0, 0.1) is 27.7 Å². The molecule has 0 spiro atoms. The Labute approximate surface area is 267 Å². The van der Waals surface area contributed by atoms with Crippen molar-refractivity contribution in [3.05, 3.63) is 106 Å². The fraction of sp³-hybridized carbons (Fsp3) is 0.278. The maximum absolute atomic E-state index is 7.21. The zero-order valence-electron chi connectivity index (χ0n) is 25.0. The van der Waals surface area contributed by atoms with E-state index in [2.05, 4.69) is 76.2 Å². The molecule has 43 heavy (non-hydrogen) atoms. The van der Waals surface area contributed by atoms with Crippen LogP contribution >= 0.6 is 17.8 Å². The second-order valence-corrected chi connectivity index (χ2v) is 23.5. The van der Waals surface area contributed by atoms with Crippen molar-refractivity contribution in [2.45, 2.75) is 65.5 Å². The SMILES string of the molecule is Cc1cc2c(c(-c3ccccc3C)c1)[O][Sn]([Cl])([Cl])[O]c1c(cc(C)cc1-c1ccccc1C)C=N[C@@H]1CCCC[C@H]1N=C2. The molecule has 4 aromatic rings. The Hall–Kier alpha value is -2.80. The van der Waals surface area contributed by atoms with Crippen LogP contribution in [-0.4, -0.2) is 41.5 Å². The van der Waals surface area contributed by atoms with Gasteiger partial charge in [0.1, 0.15) is 0 Å². The normalized spacial score (nSPS) is 19.4. The van der Waals surface area contributed by atoms with E-state index in [9.17, 15) is 0 Å². The first-order valence-electron chi connectivity index (χ1n) is 14.9. The molecule has 0 bridgehead atoms. The van der Waals surface area contributed by atoms with Crippen molar-refractivity contribution < 1.29 is 6.15 Å². The Bertz CT molecular complexity index is 1610. The molecule has 6 rings (SSSR count). The summed E-state index contributed by atoms with van der Waals surface area (Å²) in [6.07, 6.45) is 8.13. The van der Waals surface area contributed by atoms with Gasteiger partial charge in [0.05, 0.1) is 0 Å². The van der Waals surface area contributed by atoms with Crippen LogP contribution in [0.5, 0.6) is 11.5 Å². The molecule has 1 aliphatic carbocycles. The van der Waals surface area contributed by atoms with Crippen molar-refractivity contribution in [1.29, 1.82) is 0 Å². The zero-order chi connectivity index (χ0) is 30.1. The van der Waals surface area contributed by atoms with Crippen LogP contribution < -0.4 is 6.15 Å². The molecule has 220 valence electrons. The standard InChI is InChI=1S/C36H38N2O2.2ClH.Sn/c1-23-17-27(35(39)31(19-23)29-13-7-5-11-25(29)3)21-37-33-15-9-10-16-34(33)38-22-28-18-24(2)20-32(36(28)40)30-14-8-6-12-26(30)4;;;/h5-8,11-14,17-22,33-34,39-40H,9-10,15-16H2,1-4H3;2*1H;/q;;;+4/p-4/t33-,34-;;;/m1.../s1. The molecule has 0 amide bonds. The van der Waals surface area contributed by atoms with Gasteiger partial charge in [-0.05, 0) is 0 Å². The van der Waals surface area contributed by atoms with Gasteiger partial charge in [-0.1, -0.05) is 0 Å². The summed E-state index contributed by atoms with van der Waals surface area (Å²) < 4.78 is 13.4. The van der Waals surface area contributed by atoms with Crippen molar-refractivity contribution in [3.63, 3.8) is 0 Å². The number of rotatable bonds is 2. The first-order chi connectivity index (χ1) is 20.7. The molecule has 2 aliphatic rings. The predicted octanol–water partition coefficient (Wildman–Crippen LogP) is 9.79. The first-order valence-corrected chi connectivity index (χ1v) is 24.5. The average Bonchev–Trinajstić information content (AvgIpc) is 2.98. The minimum absolute atomic E-state index is 0.0753. The van der Waals surface area contributed by atoms with Crippen LogP contribution in [0.2, 0.25) is 0 Å². The molecular weight excluding hydrogens is 682 g/mol. The van der Waals surface area contributed by atoms with Gasteiger partial charge in [-0.25, -0.2) is 0 Å². The zero-order valence-corrected chi connectivity index (χ0v) is 29.4. The van der Waals surface area contributed by atoms with E-state index < -0.39 is 17.0 Å². The Morgan fingerprint density at radius 3 is 1.44 bits per heavy atom. The van der Waals surface area contributed by atoms with Gasteiger partial charge in [-0.2, -0.15) is 0 Å². The van der Waals surface area contributed by atoms with E-state index in [1.807, 2.05) is 36.7 Å². The number of fused-ring (bicyclic) bond motifs is 3. The van der Waals surface area contributed by atoms with Gasteiger partial charge in [0, 0.05) is 0 Å². The van der Waals surface area contributed by atoms with Gasteiger partial charge in [-0.15, -0.1) is 0 Å².